The van der Waals surface area contributed by atoms with E-state index < -0.39 is 0 Å². The summed E-state index contributed by atoms with van der Waals surface area (Å²) in [5, 5.41) is 1.06. The van der Waals surface area contributed by atoms with E-state index in [2.05, 4.69) is 15.9 Å². The van der Waals surface area contributed by atoms with Gasteiger partial charge in [-0.3, -0.25) is 4.79 Å². The Morgan fingerprint density at radius 1 is 1.00 bits per heavy atom. The van der Waals surface area contributed by atoms with Crippen molar-refractivity contribution in [2.75, 3.05) is 0 Å². The van der Waals surface area contributed by atoms with E-state index in [-0.39, 0.29) is 5.78 Å². The van der Waals surface area contributed by atoms with Gasteiger partial charge in [0.25, 0.3) is 0 Å². The summed E-state index contributed by atoms with van der Waals surface area (Å²) in [6, 6.07) is 11.9. The van der Waals surface area contributed by atoms with Crippen LogP contribution in [0.15, 0.2) is 46.9 Å². The Balaban J connectivity index is 2.47. The number of rotatable bonds is 2. The third-order valence-corrected chi connectivity index (χ3v) is 3.42. The van der Waals surface area contributed by atoms with E-state index in [1.807, 2.05) is 0 Å². The molecule has 0 amide bonds. The lowest BCUT2D eigenvalue weighted by molar-refractivity contribution is 0.103. The summed E-state index contributed by atoms with van der Waals surface area (Å²) in [6.07, 6.45) is 0. The molecule has 0 bridgehead atoms. The van der Waals surface area contributed by atoms with Crippen LogP contribution in [0.25, 0.3) is 0 Å². The lowest BCUT2D eigenvalue weighted by Gasteiger charge is -2.04. The molecule has 86 valence electrons. The van der Waals surface area contributed by atoms with Crippen LogP contribution in [0, 0.1) is 0 Å². The Bertz CT molecular complexity index is 581. The molecule has 0 aliphatic heterocycles. The highest BCUT2D eigenvalue weighted by Gasteiger charge is 2.13. The van der Waals surface area contributed by atoms with Crippen molar-refractivity contribution in [2.45, 2.75) is 0 Å². The summed E-state index contributed by atoms with van der Waals surface area (Å²) in [5.41, 5.74) is 1.07. The lowest BCUT2D eigenvalue weighted by Crippen LogP contribution is -2.02. The summed E-state index contributed by atoms with van der Waals surface area (Å²) in [5.74, 6) is -0.109. The third-order valence-electron chi connectivity index (χ3n) is 2.26. The summed E-state index contributed by atoms with van der Waals surface area (Å²) in [6.45, 7) is 0. The molecule has 1 nitrogen and oxygen atoms in total. The highest BCUT2D eigenvalue weighted by Crippen LogP contribution is 2.24. The van der Waals surface area contributed by atoms with Crippen LogP contribution in [0.4, 0.5) is 0 Å². The summed E-state index contributed by atoms with van der Waals surface area (Å²) in [4.78, 5) is 12.2. The molecule has 2 aromatic carbocycles. The molecule has 17 heavy (non-hydrogen) atoms. The Hall–Kier alpha value is -0.830. The fraction of sp³-hybridized carbons (Fsp3) is 0. The van der Waals surface area contributed by atoms with Crippen LogP contribution in [0.5, 0.6) is 0 Å². The van der Waals surface area contributed by atoms with Crippen molar-refractivity contribution in [3.8, 4) is 0 Å². The molecule has 0 unspecified atom stereocenters. The molecule has 0 aliphatic carbocycles. The number of carbonyl (C=O) groups is 1. The fourth-order valence-electron chi connectivity index (χ4n) is 1.46. The van der Waals surface area contributed by atoms with Crippen molar-refractivity contribution in [3.63, 3.8) is 0 Å². The first-order valence-electron chi connectivity index (χ1n) is 4.83. The van der Waals surface area contributed by atoms with Gasteiger partial charge in [0.2, 0.25) is 0 Å². The highest BCUT2D eigenvalue weighted by atomic mass is 79.9. The zero-order valence-corrected chi connectivity index (χ0v) is 11.7. The summed E-state index contributed by atoms with van der Waals surface area (Å²) < 4.78 is 0.715. The Morgan fingerprint density at radius 2 is 1.71 bits per heavy atom. The number of benzene rings is 2. The maximum Gasteiger partial charge on any atom is 0.194 e. The van der Waals surface area contributed by atoms with Crippen molar-refractivity contribution in [3.05, 3.63) is 68.1 Å². The van der Waals surface area contributed by atoms with E-state index in [1.165, 1.54) is 0 Å². The zero-order valence-electron chi connectivity index (χ0n) is 8.58. The van der Waals surface area contributed by atoms with Gasteiger partial charge < -0.3 is 0 Å². The van der Waals surface area contributed by atoms with Crippen LogP contribution >= 0.6 is 39.1 Å². The number of hydrogen-bond donors (Lipinski definition) is 0. The summed E-state index contributed by atoms with van der Waals surface area (Å²) in [7, 11) is 0. The van der Waals surface area contributed by atoms with E-state index in [0.717, 1.165) is 0 Å². The first-order valence-corrected chi connectivity index (χ1v) is 6.38. The van der Waals surface area contributed by atoms with Gasteiger partial charge in [0.05, 0.1) is 0 Å². The smallest absolute Gasteiger partial charge is 0.194 e. The molecule has 0 radical (unpaired) electrons. The second-order valence-electron chi connectivity index (χ2n) is 3.46. The third kappa shape index (κ3) is 2.89. The minimum atomic E-state index is -0.109. The van der Waals surface area contributed by atoms with Crippen molar-refractivity contribution in [2.24, 2.45) is 0 Å². The predicted octanol–water partition coefficient (Wildman–Crippen LogP) is 4.99. The Morgan fingerprint density at radius 3 is 2.41 bits per heavy atom. The first kappa shape index (κ1) is 12.6. The lowest BCUT2D eigenvalue weighted by atomic mass is 10.0. The second kappa shape index (κ2) is 5.21. The minimum Gasteiger partial charge on any atom is -0.289 e. The number of hydrogen-bond acceptors (Lipinski definition) is 1. The van der Waals surface area contributed by atoms with Gasteiger partial charge >= 0.3 is 0 Å². The average molecular weight is 330 g/mol. The van der Waals surface area contributed by atoms with Crippen LogP contribution in [0.3, 0.4) is 0 Å². The van der Waals surface area contributed by atoms with Crippen molar-refractivity contribution < 1.29 is 4.79 Å². The number of halogens is 3. The second-order valence-corrected chi connectivity index (χ2v) is 5.19. The molecule has 2 rings (SSSR count). The number of carbonyl (C=O) groups excluding carboxylic acids is 1. The molecule has 0 saturated heterocycles. The van der Waals surface area contributed by atoms with E-state index in [1.54, 1.807) is 42.5 Å². The monoisotopic (exact) mass is 328 g/mol. The molecule has 0 N–H and O–H groups in total. The zero-order chi connectivity index (χ0) is 12.4. The van der Waals surface area contributed by atoms with E-state index in [4.69, 9.17) is 23.2 Å². The van der Waals surface area contributed by atoms with Crippen molar-refractivity contribution >= 4 is 44.9 Å². The molecule has 0 aromatic heterocycles. The largest absolute Gasteiger partial charge is 0.289 e. The van der Waals surface area contributed by atoms with E-state index in [0.29, 0.717) is 25.6 Å². The molecular formula is C13H7BrCl2O. The van der Waals surface area contributed by atoms with Crippen LogP contribution in [-0.2, 0) is 0 Å². The molecular weight excluding hydrogens is 323 g/mol. The van der Waals surface area contributed by atoms with Gasteiger partial charge in [0, 0.05) is 25.6 Å². The first-order chi connectivity index (χ1) is 8.08. The van der Waals surface area contributed by atoms with Gasteiger partial charge in [-0.2, -0.15) is 0 Å². The van der Waals surface area contributed by atoms with Gasteiger partial charge in [-0.1, -0.05) is 51.3 Å². The predicted molar refractivity (Wildman–Crippen MR) is 74.0 cm³/mol. The molecule has 0 heterocycles. The van der Waals surface area contributed by atoms with Gasteiger partial charge in [-0.05, 0) is 30.3 Å². The van der Waals surface area contributed by atoms with Gasteiger partial charge in [-0.15, -0.1) is 0 Å². The normalized spacial score (nSPS) is 10.3. The Labute approximate surface area is 117 Å². The van der Waals surface area contributed by atoms with Crippen molar-refractivity contribution in [1.29, 1.82) is 0 Å². The Kier molecular flexibility index (Phi) is 3.87. The quantitative estimate of drug-likeness (QED) is 0.709. The molecule has 0 spiro atoms. The fourth-order valence-corrected chi connectivity index (χ4v) is 2.25. The van der Waals surface area contributed by atoms with Crippen LogP contribution in [0.1, 0.15) is 15.9 Å². The minimum absolute atomic E-state index is 0.109. The van der Waals surface area contributed by atoms with E-state index >= 15 is 0 Å². The molecule has 2 aromatic rings. The van der Waals surface area contributed by atoms with Crippen LogP contribution in [0.2, 0.25) is 10.0 Å². The molecule has 0 atom stereocenters. The van der Waals surface area contributed by atoms with Gasteiger partial charge in [-0.25, -0.2) is 0 Å². The topological polar surface area (TPSA) is 17.1 Å². The van der Waals surface area contributed by atoms with Gasteiger partial charge in [0.15, 0.2) is 5.78 Å². The SMILES string of the molecule is O=C(c1cccc(Cl)c1)c1cc(Cl)ccc1Br. The molecule has 0 saturated carbocycles. The highest BCUT2D eigenvalue weighted by molar-refractivity contribution is 9.10. The summed E-state index contributed by atoms with van der Waals surface area (Å²) >= 11 is 15.1. The molecule has 4 heteroatoms. The maximum absolute atomic E-state index is 12.2. The van der Waals surface area contributed by atoms with Crippen molar-refractivity contribution in [1.82, 2.24) is 0 Å². The van der Waals surface area contributed by atoms with E-state index in [9.17, 15) is 4.79 Å². The molecule has 0 fully saturated rings. The standard InChI is InChI=1S/C13H7BrCl2O/c14-12-5-4-10(16)7-11(12)13(17)8-2-1-3-9(15)6-8/h1-7H. The van der Waals surface area contributed by atoms with Crippen LogP contribution < -0.4 is 0 Å². The number of ketones is 1. The van der Waals surface area contributed by atoms with Gasteiger partial charge in [0.1, 0.15) is 0 Å². The maximum atomic E-state index is 12.2. The molecule has 0 aliphatic rings. The van der Waals surface area contributed by atoms with Crippen LogP contribution in [-0.4, -0.2) is 5.78 Å². The average Bonchev–Trinajstić information content (AvgIpc) is 2.31.